The molecule has 8 heteroatoms. The van der Waals surface area contributed by atoms with Gasteiger partial charge in [0.2, 0.25) is 5.88 Å². The van der Waals surface area contributed by atoms with Crippen molar-refractivity contribution < 1.29 is 14.0 Å². The summed E-state index contributed by atoms with van der Waals surface area (Å²) in [5.74, 6) is 1.75. The topological polar surface area (TPSA) is 86.7 Å². The molecule has 1 atom stereocenters. The molecule has 1 aliphatic rings. The van der Waals surface area contributed by atoms with E-state index in [1.54, 1.807) is 13.4 Å². The predicted molar refractivity (Wildman–Crippen MR) is 112 cm³/mol. The molecule has 1 aromatic carbocycles. The molecule has 5 rings (SSSR count). The highest BCUT2D eigenvalue weighted by molar-refractivity contribution is 5.97. The number of amidine groups is 1. The minimum atomic E-state index is -0.266. The number of benzene rings is 1. The number of nitrogens with zero attached hydrogens (tertiary/aromatic N) is 4. The molecule has 30 heavy (non-hydrogen) atoms. The number of fused-ring (bicyclic) bond motifs is 1. The van der Waals surface area contributed by atoms with Gasteiger partial charge < -0.3 is 13.7 Å². The number of hydroxylamine groups is 1. The average Bonchev–Trinajstić information content (AvgIpc) is 3.39. The fraction of sp³-hybridized carbons (Fsp3) is 0.227. The third-order valence-corrected chi connectivity index (χ3v) is 4.98. The van der Waals surface area contributed by atoms with Gasteiger partial charge in [0.25, 0.3) is 0 Å². The third kappa shape index (κ3) is 3.31. The molecule has 0 radical (unpaired) electrons. The van der Waals surface area contributed by atoms with Crippen LogP contribution in [0, 0.1) is 13.8 Å². The lowest BCUT2D eigenvalue weighted by molar-refractivity contribution is 0.0581. The Morgan fingerprint density at radius 1 is 1.17 bits per heavy atom. The summed E-state index contributed by atoms with van der Waals surface area (Å²) in [4.78, 5) is 19.2. The van der Waals surface area contributed by atoms with Crippen LogP contribution in [0.4, 0.5) is 0 Å². The Morgan fingerprint density at radius 3 is 2.87 bits per heavy atom. The van der Waals surface area contributed by atoms with Crippen LogP contribution in [-0.2, 0) is 4.84 Å². The molecule has 4 heterocycles. The Hall–Kier alpha value is -3.65. The maximum atomic E-state index is 6.00. The fourth-order valence-electron chi connectivity index (χ4n) is 3.48. The van der Waals surface area contributed by atoms with Crippen LogP contribution >= 0.6 is 0 Å². The standard InChI is InChI=1S/C22H21N5O3/c1-13-4-7-19-15(8-13)9-20(30-19)17-11-29-26-21(24-17)16-5-6-18(22(25-16)28-3)27-10-14(2)23-12-27/h4-10,12,17H,11H2,1-3H3,(H,24,26)/t17-/m1/s1. The summed E-state index contributed by atoms with van der Waals surface area (Å²) in [6, 6.07) is 11.6. The highest BCUT2D eigenvalue weighted by atomic mass is 16.6. The van der Waals surface area contributed by atoms with Crippen LogP contribution in [0.5, 0.6) is 5.88 Å². The van der Waals surface area contributed by atoms with Crippen LogP contribution in [0.15, 0.2) is 58.3 Å². The molecule has 0 spiro atoms. The maximum absolute atomic E-state index is 6.00. The first-order chi connectivity index (χ1) is 14.6. The van der Waals surface area contributed by atoms with Crippen molar-refractivity contribution in [3.05, 3.63) is 71.6 Å². The van der Waals surface area contributed by atoms with Crippen molar-refractivity contribution in [1.82, 2.24) is 20.0 Å². The number of furan rings is 1. The molecule has 152 valence electrons. The molecular weight excluding hydrogens is 382 g/mol. The third-order valence-electron chi connectivity index (χ3n) is 4.98. The maximum Gasteiger partial charge on any atom is 0.238 e. The molecule has 0 fully saturated rings. The number of imidazole rings is 1. The van der Waals surface area contributed by atoms with Gasteiger partial charge in [-0.05, 0) is 44.2 Å². The SMILES string of the molecule is COc1nc(C2=N[C@@H](c3cc4cc(C)ccc4o3)CON2)ccc1-n1cnc(C)c1. The Balaban J connectivity index is 1.49. The van der Waals surface area contributed by atoms with Crippen molar-refractivity contribution >= 4 is 16.8 Å². The van der Waals surface area contributed by atoms with Gasteiger partial charge in [0, 0.05) is 11.6 Å². The highest BCUT2D eigenvalue weighted by Gasteiger charge is 2.23. The second-order valence-corrected chi connectivity index (χ2v) is 7.24. The van der Waals surface area contributed by atoms with Crippen LogP contribution in [0.2, 0.25) is 0 Å². The first kappa shape index (κ1) is 18.4. The molecule has 8 nitrogen and oxygen atoms in total. The van der Waals surface area contributed by atoms with E-state index < -0.39 is 0 Å². The molecular formula is C22H21N5O3. The number of aryl methyl sites for hydroxylation is 2. The van der Waals surface area contributed by atoms with E-state index in [-0.39, 0.29) is 6.04 Å². The van der Waals surface area contributed by atoms with Crippen molar-refractivity contribution in [1.29, 1.82) is 0 Å². The lowest BCUT2D eigenvalue weighted by atomic mass is 10.1. The lowest BCUT2D eigenvalue weighted by Crippen LogP contribution is -2.33. The zero-order valence-electron chi connectivity index (χ0n) is 16.9. The van der Waals surface area contributed by atoms with Crippen LogP contribution in [0.25, 0.3) is 16.7 Å². The fourth-order valence-corrected chi connectivity index (χ4v) is 3.48. The van der Waals surface area contributed by atoms with E-state index in [4.69, 9.17) is 19.0 Å². The summed E-state index contributed by atoms with van der Waals surface area (Å²) in [5, 5.41) is 1.06. The average molecular weight is 403 g/mol. The Bertz CT molecular complexity index is 1260. The number of aromatic nitrogens is 3. The van der Waals surface area contributed by atoms with Gasteiger partial charge >= 0.3 is 0 Å². The first-order valence-corrected chi connectivity index (χ1v) is 9.63. The molecule has 1 aliphatic heterocycles. The van der Waals surface area contributed by atoms with Crippen molar-refractivity contribution in [2.75, 3.05) is 13.7 Å². The Labute approximate surface area is 173 Å². The molecule has 0 unspecified atom stereocenters. The van der Waals surface area contributed by atoms with Crippen molar-refractivity contribution in [3.63, 3.8) is 0 Å². The number of ether oxygens (including phenoxy) is 1. The van der Waals surface area contributed by atoms with Gasteiger partial charge in [0.05, 0.1) is 19.1 Å². The molecule has 1 N–H and O–H groups in total. The first-order valence-electron chi connectivity index (χ1n) is 9.63. The number of methoxy groups -OCH3 is 1. The van der Waals surface area contributed by atoms with Crippen LogP contribution in [0.1, 0.15) is 28.8 Å². The van der Waals surface area contributed by atoms with E-state index in [1.165, 1.54) is 5.56 Å². The van der Waals surface area contributed by atoms with Crippen molar-refractivity contribution in [3.8, 4) is 11.6 Å². The van der Waals surface area contributed by atoms with Gasteiger partial charge in [0.1, 0.15) is 35.4 Å². The quantitative estimate of drug-likeness (QED) is 0.560. The van der Waals surface area contributed by atoms with E-state index in [0.717, 1.165) is 28.1 Å². The molecule has 0 saturated heterocycles. The van der Waals surface area contributed by atoms with E-state index in [9.17, 15) is 0 Å². The second-order valence-electron chi connectivity index (χ2n) is 7.24. The number of pyridine rings is 1. The molecule has 0 saturated carbocycles. The van der Waals surface area contributed by atoms with E-state index >= 15 is 0 Å². The molecule has 4 aromatic rings. The normalized spacial score (nSPS) is 16.4. The number of nitrogens with one attached hydrogen (secondary N) is 1. The molecule has 0 bridgehead atoms. The summed E-state index contributed by atoms with van der Waals surface area (Å²) in [6.07, 6.45) is 3.64. The Morgan fingerprint density at radius 2 is 2.07 bits per heavy atom. The molecule has 0 aliphatic carbocycles. The number of hydrogen-bond acceptors (Lipinski definition) is 7. The van der Waals surface area contributed by atoms with Gasteiger partial charge in [-0.15, -0.1) is 0 Å². The number of rotatable bonds is 4. The largest absolute Gasteiger partial charge is 0.479 e. The van der Waals surface area contributed by atoms with Crippen LogP contribution in [0.3, 0.4) is 0 Å². The summed E-state index contributed by atoms with van der Waals surface area (Å²) >= 11 is 0. The highest BCUT2D eigenvalue weighted by Crippen LogP contribution is 2.29. The second kappa shape index (κ2) is 7.31. The van der Waals surface area contributed by atoms with Gasteiger partial charge in [-0.3, -0.25) is 9.83 Å². The van der Waals surface area contributed by atoms with Gasteiger partial charge in [-0.25, -0.2) is 15.4 Å². The predicted octanol–water partition coefficient (Wildman–Crippen LogP) is 3.66. The summed E-state index contributed by atoms with van der Waals surface area (Å²) in [7, 11) is 1.59. The van der Waals surface area contributed by atoms with Crippen molar-refractivity contribution in [2.45, 2.75) is 19.9 Å². The van der Waals surface area contributed by atoms with Gasteiger partial charge in [-0.2, -0.15) is 0 Å². The summed E-state index contributed by atoms with van der Waals surface area (Å²) < 4.78 is 13.4. The number of hydrogen-bond donors (Lipinski definition) is 1. The molecule has 3 aromatic heterocycles. The van der Waals surface area contributed by atoms with E-state index in [2.05, 4.69) is 28.4 Å². The summed E-state index contributed by atoms with van der Waals surface area (Å²) in [6.45, 7) is 4.36. The summed E-state index contributed by atoms with van der Waals surface area (Å²) in [5.41, 5.74) is 7.21. The zero-order valence-corrected chi connectivity index (χ0v) is 16.9. The minimum Gasteiger partial charge on any atom is -0.479 e. The van der Waals surface area contributed by atoms with Gasteiger partial charge in [-0.1, -0.05) is 11.6 Å². The monoisotopic (exact) mass is 403 g/mol. The lowest BCUT2D eigenvalue weighted by Gasteiger charge is -2.20. The van der Waals surface area contributed by atoms with E-state index in [1.807, 2.05) is 48.0 Å². The number of aliphatic imine (C=N–C) groups is 1. The van der Waals surface area contributed by atoms with Crippen molar-refractivity contribution in [2.24, 2.45) is 4.99 Å². The Kier molecular flexibility index (Phi) is 4.48. The zero-order chi connectivity index (χ0) is 20.7. The van der Waals surface area contributed by atoms with Gasteiger partial charge in [0.15, 0.2) is 5.84 Å². The van der Waals surface area contributed by atoms with Crippen LogP contribution in [-0.4, -0.2) is 34.1 Å². The van der Waals surface area contributed by atoms with E-state index in [0.29, 0.717) is 24.0 Å². The van der Waals surface area contributed by atoms with Crippen LogP contribution < -0.4 is 10.2 Å². The smallest absolute Gasteiger partial charge is 0.238 e. The molecule has 0 amide bonds. The minimum absolute atomic E-state index is 0.266.